The third kappa shape index (κ3) is 3.79. The van der Waals surface area contributed by atoms with Crippen LogP contribution in [0.5, 0.6) is 0 Å². The second-order valence-corrected chi connectivity index (χ2v) is 7.61. The van der Waals surface area contributed by atoms with Crippen LogP contribution in [0.15, 0.2) is 24.3 Å². The Kier molecular flexibility index (Phi) is 4.36. The quantitative estimate of drug-likeness (QED) is 0.780. The Bertz CT molecular complexity index is 843. The zero-order valence-corrected chi connectivity index (χ0v) is 15.5. The van der Waals surface area contributed by atoms with Crippen molar-refractivity contribution >= 4 is 22.4 Å². The summed E-state index contributed by atoms with van der Waals surface area (Å²) in [6.07, 6.45) is 0. The summed E-state index contributed by atoms with van der Waals surface area (Å²) in [6.45, 7) is 10.9. The normalized spacial score (nSPS) is 11.7. The fraction of sp³-hybridized carbons (Fsp3) is 0.412. The van der Waals surface area contributed by atoms with Crippen LogP contribution in [0.3, 0.4) is 0 Å². The van der Waals surface area contributed by atoms with Crippen LogP contribution in [-0.4, -0.2) is 24.1 Å². The van der Waals surface area contributed by atoms with Crippen molar-refractivity contribution in [1.82, 2.24) is 24.1 Å². The summed E-state index contributed by atoms with van der Waals surface area (Å²) in [5, 5.41) is 8.57. The van der Waals surface area contributed by atoms with Gasteiger partial charge in [-0.1, -0.05) is 32.9 Å². The number of anilines is 2. The standard InChI is InChI=1S/C17H22N6S/c1-11-18-12(2)23(21-11)10-13-7-6-8-14(9-13)19-16-20-15(22-24-16)17(3,4)5/h6-9H,10H2,1-5H3,(H,19,20,22). The van der Waals surface area contributed by atoms with Crippen molar-refractivity contribution in [3.05, 3.63) is 47.3 Å². The number of benzene rings is 1. The van der Waals surface area contributed by atoms with Crippen molar-refractivity contribution in [2.24, 2.45) is 0 Å². The molecule has 3 rings (SSSR count). The van der Waals surface area contributed by atoms with Gasteiger partial charge in [-0.25, -0.2) is 14.6 Å². The molecule has 2 heterocycles. The molecule has 126 valence electrons. The molecular formula is C17H22N6S. The lowest BCUT2D eigenvalue weighted by Gasteiger charge is -2.12. The predicted octanol–water partition coefficient (Wildman–Crippen LogP) is 3.84. The van der Waals surface area contributed by atoms with Gasteiger partial charge >= 0.3 is 0 Å². The molecule has 3 aromatic rings. The van der Waals surface area contributed by atoms with Crippen molar-refractivity contribution in [3.8, 4) is 0 Å². The molecule has 0 radical (unpaired) electrons. The molecule has 0 aliphatic carbocycles. The van der Waals surface area contributed by atoms with Crippen LogP contribution < -0.4 is 5.32 Å². The molecule has 0 spiro atoms. The Morgan fingerprint density at radius 2 is 1.96 bits per heavy atom. The Balaban J connectivity index is 1.76. The van der Waals surface area contributed by atoms with E-state index in [-0.39, 0.29) is 5.41 Å². The van der Waals surface area contributed by atoms with Crippen LogP contribution in [-0.2, 0) is 12.0 Å². The van der Waals surface area contributed by atoms with E-state index in [4.69, 9.17) is 0 Å². The number of nitrogens with one attached hydrogen (secondary N) is 1. The van der Waals surface area contributed by atoms with Crippen molar-refractivity contribution < 1.29 is 0 Å². The van der Waals surface area contributed by atoms with Gasteiger partial charge in [-0.2, -0.15) is 9.47 Å². The highest BCUT2D eigenvalue weighted by Gasteiger charge is 2.19. The molecule has 1 N–H and O–H groups in total. The average Bonchev–Trinajstić information content (AvgIpc) is 3.06. The van der Waals surface area contributed by atoms with E-state index in [2.05, 4.69) is 57.7 Å². The van der Waals surface area contributed by atoms with Gasteiger partial charge in [0.25, 0.3) is 0 Å². The summed E-state index contributed by atoms with van der Waals surface area (Å²) in [7, 11) is 0. The average molecular weight is 342 g/mol. The molecule has 1 aromatic carbocycles. The smallest absolute Gasteiger partial charge is 0.207 e. The molecule has 0 fully saturated rings. The Labute approximate surface area is 146 Å². The van der Waals surface area contributed by atoms with Crippen LogP contribution in [0.25, 0.3) is 0 Å². The number of nitrogens with zero attached hydrogens (tertiary/aromatic N) is 5. The fourth-order valence-corrected chi connectivity index (χ4v) is 3.11. The van der Waals surface area contributed by atoms with Crippen LogP contribution in [0.2, 0.25) is 0 Å². The van der Waals surface area contributed by atoms with E-state index in [0.29, 0.717) is 6.54 Å². The molecule has 0 aliphatic rings. The number of aryl methyl sites for hydroxylation is 2. The summed E-state index contributed by atoms with van der Waals surface area (Å²) in [4.78, 5) is 8.92. The largest absolute Gasteiger partial charge is 0.330 e. The van der Waals surface area contributed by atoms with Gasteiger partial charge in [-0.05, 0) is 31.5 Å². The molecule has 0 saturated carbocycles. The zero-order valence-electron chi connectivity index (χ0n) is 14.7. The van der Waals surface area contributed by atoms with Gasteiger partial charge in [0.1, 0.15) is 17.5 Å². The summed E-state index contributed by atoms with van der Waals surface area (Å²) in [5.41, 5.74) is 2.12. The van der Waals surface area contributed by atoms with Gasteiger partial charge in [0, 0.05) is 22.6 Å². The minimum atomic E-state index is -0.0409. The van der Waals surface area contributed by atoms with Gasteiger partial charge in [0.2, 0.25) is 5.13 Å². The molecule has 7 heteroatoms. The lowest BCUT2D eigenvalue weighted by molar-refractivity contribution is 0.555. The maximum atomic E-state index is 4.58. The van der Waals surface area contributed by atoms with Crippen molar-refractivity contribution in [2.45, 2.75) is 46.6 Å². The van der Waals surface area contributed by atoms with Crippen LogP contribution in [0.4, 0.5) is 10.8 Å². The summed E-state index contributed by atoms with van der Waals surface area (Å²) < 4.78 is 6.35. The molecule has 2 aromatic heterocycles. The first-order valence-corrected chi connectivity index (χ1v) is 8.67. The van der Waals surface area contributed by atoms with Crippen LogP contribution >= 0.6 is 11.5 Å². The summed E-state index contributed by atoms with van der Waals surface area (Å²) in [5.74, 6) is 2.58. The highest BCUT2D eigenvalue weighted by Crippen LogP contribution is 2.25. The van der Waals surface area contributed by atoms with Crippen molar-refractivity contribution in [2.75, 3.05) is 5.32 Å². The predicted molar refractivity (Wildman–Crippen MR) is 96.9 cm³/mol. The van der Waals surface area contributed by atoms with Gasteiger partial charge in [0.15, 0.2) is 0 Å². The minimum absolute atomic E-state index is 0.0409. The molecular weight excluding hydrogens is 320 g/mol. The maximum absolute atomic E-state index is 4.58. The van der Waals surface area contributed by atoms with Gasteiger partial charge < -0.3 is 5.32 Å². The molecule has 6 nitrogen and oxygen atoms in total. The topological polar surface area (TPSA) is 68.5 Å². The monoisotopic (exact) mass is 342 g/mol. The van der Waals surface area contributed by atoms with E-state index in [1.807, 2.05) is 30.7 Å². The van der Waals surface area contributed by atoms with Crippen LogP contribution in [0, 0.1) is 13.8 Å². The third-order valence-corrected chi connectivity index (χ3v) is 4.20. The Hall–Kier alpha value is -2.28. The molecule has 0 atom stereocenters. The van der Waals surface area contributed by atoms with Crippen molar-refractivity contribution in [3.63, 3.8) is 0 Å². The van der Waals surface area contributed by atoms with Crippen molar-refractivity contribution in [1.29, 1.82) is 0 Å². The molecule has 0 aliphatic heterocycles. The van der Waals surface area contributed by atoms with E-state index >= 15 is 0 Å². The van der Waals surface area contributed by atoms with E-state index in [1.54, 1.807) is 0 Å². The zero-order chi connectivity index (χ0) is 17.3. The first kappa shape index (κ1) is 16.6. The molecule has 0 amide bonds. The molecule has 24 heavy (non-hydrogen) atoms. The van der Waals surface area contributed by atoms with E-state index in [1.165, 1.54) is 11.5 Å². The Morgan fingerprint density at radius 1 is 1.17 bits per heavy atom. The molecule has 0 unspecified atom stereocenters. The summed E-state index contributed by atoms with van der Waals surface area (Å²) >= 11 is 1.39. The second kappa shape index (κ2) is 6.32. The first-order chi connectivity index (χ1) is 11.3. The highest BCUT2D eigenvalue weighted by atomic mass is 32.1. The second-order valence-electron chi connectivity index (χ2n) is 6.86. The third-order valence-electron chi connectivity index (χ3n) is 3.57. The Morgan fingerprint density at radius 3 is 2.58 bits per heavy atom. The highest BCUT2D eigenvalue weighted by molar-refractivity contribution is 7.09. The van der Waals surface area contributed by atoms with E-state index < -0.39 is 0 Å². The van der Waals surface area contributed by atoms with E-state index in [9.17, 15) is 0 Å². The maximum Gasteiger partial charge on any atom is 0.207 e. The van der Waals surface area contributed by atoms with Gasteiger partial charge in [-0.15, -0.1) is 0 Å². The lowest BCUT2D eigenvalue weighted by Crippen LogP contribution is -2.13. The first-order valence-electron chi connectivity index (χ1n) is 7.89. The fourth-order valence-electron chi connectivity index (χ4n) is 2.33. The number of aromatic nitrogens is 5. The summed E-state index contributed by atoms with van der Waals surface area (Å²) in [6, 6.07) is 8.25. The van der Waals surface area contributed by atoms with Crippen LogP contribution in [0.1, 0.15) is 43.8 Å². The minimum Gasteiger partial charge on any atom is -0.330 e. The SMILES string of the molecule is Cc1nc(C)n(Cc2cccc(Nc3nc(C(C)(C)C)ns3)c2)n1. The van der Waals surface area contributed by atoms with Gasteiger partial charge in [0.05, 0.1) is 6.54 Å². The van der Waals surface area contributed by atoms with Gasteiger partial charge in [-0.3, -0.25) is 0 Å². The number of rotatable bonds is 4. The molecule has 0 saturated heterocycles. The van der Waals surface area contributed by atoms with E-state index in [0.717, 1.165) is 33.9 Å². The molecule has 0 bridgehead atoms. The number of hydrogen-bond acceptors (Lipinski definition) is 6. The number of hydrogen-bond donors (Lipinski definition) is 1. The lowest BCUT2D eigenvalue weighted by atomic mass is 9.96.